The van der Waals surface area contributed by atoms with Crippen LogP contribution in [0, 0.1) is 17.2 Å². The van der Waals surface area contributed by atoms with E-state index in [0.717, 1.165) is 22.3 Å². The monoisotopic (exact) mass is 491 g/mol. The van der Waals surface area contributed by atoms with E-state index in [4.69, 9.17) is 5.26 Å². The molecule has 3 aromatic heterocycles. The van der Waals surface area contributed by atoms with E-state index in [9.17, 15) is 13.2 Å². The van der Waals surface area contributed by atoms with Crippen molar-refractivity contribution in [1.29, 1.82) is 5.26 Å². The number of fused-ring (bicyclic) bond motifs is 1. The number of nitriles is 1. The Morgan fingerprint density at radius 1 is 1.32 bits per heavy atom. The van der Waals surface area contributed by atoms with Gasteiger partial charge in [-0.2, -0.15) is 5.26 Å². The van der Waals surface area contributed by atoms with Crippen LogP contribution in [0.5, 0.6) is 0 Å². The standard InChI is InChI=1S/C24H21N5O3S2/c1-14(30)21-12-33-24(29-21)20-11-27-23-19(5-6-26-23)22(20)28-17-7-16(8-17)13-34(31,32)18-4-2-3-15(9-18)10-25/h2-6,9,11-12,16-17H,7-8,13H2,1H3,(H2,26,27,28). The molecule has 0 amide bonds. The maximum Gasteiger partial charge on any atom is 0.178 e. The van der Waals surface area contributed by atoms with Crippen molar-refractivity contribution in [3.63, 3.8) is 0 Å². The molecule has 1 saturated carbocycles. The third-order valence-corrected chi connectivity index (χ3v) is 8.80. The molecule has 4 aromatic rings. The third kappa shape index (κ3) is 4.20. The number of rotatable bonds is 7. The molecule has 34 heavy (non-hydrogen) atoms. The number of H-pyrrole nitrogens is 1. The van der Waals surface area contributed by atoms with Gasteiger partial charge in [-0.1, -0.05) is 6.07 Å². The maximum absolute atomic E-state index is 12.8. The summed E-state index contributed by atoms with van der Waals surface area (Å²) in [5.41, 5.74) is 3.20. The van der Waals surface area contributed by atoms with Gasteiger partial charge < -0.3 is 10.3 Å². The molecule has 0 radical (unpaired) electrons. The lowest BCUT2D eigenvalue weighted by molar-refractivity contribution is 0.101. The summed E-state index contributed by atoms with van der Waals surface area (Å²) in [6, 6.07) is 10.2. The van der Waals surface area contributed by atoms with Crippen LogP contribution in [0.1, 0.15) is 35.8 Å². The van der Waals surface area contributed by atoms with Crippen molar-refractivity contribution in [2.75, 3.05) is 11.1 Å². The molecule has 0 spiro atoms. The third-order valence-electron chi connectivity index (χ3n) is 6.04. The Kier molecular flexibility index (Phi) is 5.67. The van der Waals surface area contributed by atoms with Crippen molar-refractivity contribution in [2.45, 2.75) is 30.7 Å². The summed E-state index contributed by atoms with van der Waals surface area (Å²) in [5, 5.41) is 16.0. The van der Waals surface area contributed by atoms with Gasteiger partial charge in [-0.05, 0) is 43.0 Å². The Morgan fingerprint density at radius 2 is 2.15 bits per heavy atom. The van der Waals surface area contributed by atoms with Gasteiger partial charge in [-0.25, -0.2) is 18.4 Å². The number of aromatic amines is 1. The number of nitrogens with zero attached hydrogens (tertiary/aromatic N) is 3. The first-order valence-corrected chi connectivity index (χ1v) is 13.3. The van der Waals surface area contributed by atoms with Crippen LogP contribution in [0.4, 0.5) is 5.69 Å². The summed E-state index contributed by atoms with van der Waals surface area (Å²) in [4.78, 5) is 24.0. The van der Waals surface area contributed by atoms with Crippen molar-refractivity contribution >= 4 is 43.7 Å². The Labute approximate surface area is 200 Å². The average Bonchev–Trinajstić information content (AvgIpc) is 3.47. The first-order valence-electron chi connectivity index (χ1n) is 10.8. The second kappa shape index (κ2) is 8.66. The van der Waals surface area contributed by atoms with E-state index in [0.29, 0.717) is 29.1 Å². The topological polar surface area (TPSA) is 129 Å². The van der Waals surface area contributed by atoms with E-state index >= 15 is 0 Å². The van der Waals surface area contributed by atoms with Gasteiger partial charge in [-0.3, -0.25) is 4.79 Å². The Bertz CT molecular complexity index is 1540. The molecule has 5 rings (SSSR count). The van der Waals surface area contributed by atoms with Gasteiger partial charge in [0.25, 0.3) is 0 Å². The molecule has 0 saturated heterocycles. The van der Waals surface area contributed by atoms with Crippen LogP contribution in [0.25, 0.3) is 21.6 Å². The average molecular weight is 492 g/mol. The zero-order valence-electron chi connectivity index (χ0n) is 18.3. The van der Waals surface area contributed by atoms with Crippen LogP contribution in [0.3, 0.4) is 0 Å². The molecule has 0 bridgehead atoms. The molecule has 172 valence electrons. The number of hydrogen-bond acceptors (Lipinski definition) is 8. The van der Waals surface area contributed by atoms with Crippen molar-refractivity contribution < 1.29 is 13.2 Å². The summed E-state index contributed by atoms with van der Waals surface area (Å²) < 4.78 is 25.7. The first-order chi connectivity index (χ1) is 16.3. The minimum atomic E-state index is -3.47. The van der Waals surface area contributed by atoms with Gasteiger partial charge in [0.1, 0.15) is 16.3 Å². The number of pyridine rings is 1. The molecule has 1 aliphatic rings. The van der Waals surface area contributed by atoms with E-state index in [1.54, 1.807) is 29.8 Å². The number of nitrogens with one attached hydrogen (secondary N) is 2. The summed E-state index contributed by atoms with van der Waals surface area (Å²) >= 11 is 1.39. The highest BCUT2D eigenvalue weighted by atomic mass is 32.2. The zero-order valence-corrected chi connectivity index (χ0v) is 19.9. The number of sulfone groups is 1. The maximum atomic E-state index is 12.8. The van der Waals surface area contributed by atoms with E-state index in [-0.39, 0.29) is 28.4 Å². The van der Waals surface area contributed by atoms with Crippen molar-refractivity contribution in [1.82, 2.24) is 15.0 Å². The predicted molar refractivity (Wildman–Crippen MR) is 131 cm³/mol. The fraction of sp³-hybridized carbons (Fsp3) is 0.250. The molecular weight excluding hydrogens is 470 g/mol. The van der Waals surface area contributed by atoms with Crippen LogP contribution < -0.4 is 5.32 Å². The molecule has 1 aliphatic carbocycles. The number of carbonyl (C=O) groups is 1. The Balaban J connectivity index is 1.33. The number of benzene rings is 1. The number of ketones is 1. The molecule has 0 aliphatic heterocycles. The fourth-order valence-electron chi connectivity index (χ4n) is 4.24. The summed E-state index contributed by atoms with van der Waals surface area (Å²) in [7, 11) is -3.47. The molecule has 1 aromatic carbocycles. The van der Waals surface area contributed by atoms with Crippen molar-refractivity contribution in [2.24, 2.45) is 5.92 Å². The fourth-order valence-corrected chi connectivity index (χ4v) is 6.80. The second-order valence-electron chi connectivity index (χ2n) is 8.48. The van der Waals surface area contributed by atoms with E-state index in [1.165, 1.54) is 24.3 Å². The molecular formula is C24H21N5O3S2. The molecule has 0 unspecified atom stereocenters. The lowest BCUT2D eigenvalue weighted by Crippen LogP contribution is -2.39. The highest BCUT2D eigenvalue weighted by molar-refractivity contribution is 7.91. The highest BCUT2D eigenvalue weighted by Gasteiger charge is 2.34. The van der Waals surface area contributed by atoms with E-state index < -0.39 is 9.84 Å². The van der Waals surface area contributed by atoms with Crippen LogP contribution in [-0.2, 0) is 9.84 Å². The second-order valence-corrected chi connectivity index (χ2v) is 11.4. The van der Waals surface area contributed by atoms with Gasteiger partial charge in [0, 0.05) is 36.1 Å². The summed E-state index contributed by atoms with van der Waals surface area (Å²) in [6.07, 6.45) is 4.98. The summed E-state index contributed by atoms with van der Waals surface area (Å²) in [5.74, 6) is -0.00227. The zero-order chi connectivity index (χ0) is 23.9. The van der Waals surface area contributed by atoms with Crippen LogP contribution in [0.2, 0.25) is 0 Å². The lowest BCUT2D eigenvalue weighted by Gasteiger charge is -2.36. The van der Waals surface area contributed by atoms with Crippen molar-refractivity contribution in [3.05, 3.63) is 59.4 Å². The first kappa shape index (κ1) is 22.3. The number of carbonyl (C=O) groups excluding carboxylic acids is 1. The molecule has 0 atom stereocenters. The minimum absolute atomic E-state index is 0.0319. The molecule has 3 heterocycles. The number of Topliss-reactive ketones (excluding diaryl/α,β-unsaturated/α-hetero) is 1. The number of aromatic nitrogens is 3. The van der Waals surface area contributed by atoms with Gasteiger partial charge in [0.15, 0.2) is 15.6 Å². The van der Waals surface area contributed by atoms with E-state index in [1.807, 2.05) is 18.3 Å². The highest BCUT2D eigenvalue weighted by Crippen LogP contribution is 2.39. The Morgan fingerprint density at radius 3 is 2.88 bits per heavy atom. The smallest absolute Gasteiger partial charge is 0.178 e. The molecule has 2 N–H and O–H groups in total. The quantitative estimate of drug-likeness (QED) is 0.366. The molecule has 1 fully saturated rings. The van der Waals surface area contributed by atoms with Gasteiger partial charge in [-0.15, -0.1) is 11.3 Å². The number of hydrogen-bond donors (Lipinski definition) is 2. The van der Waals surface area contributed by atoms with Crippen molar-refractivity contribution in [3.8, 4) is 16.6 Å². The summed E-state index contributed by atoms with van der Waals surface area (Å²) in [6.45, 7) is 1.49. The van der Waals surface area contributed by atoms with Gasteiger partial charge in [0.2, 0.25) is 0 Å². The van der Waals surface area contributed by atoms with Crippen LogP contribution in [0.15, 0.2) is 53.0 Å². The van der Waals surface area contributed by atoms with E-state index in [2.05, 4.69) is 20.3 Å². The van der Waals surface area contributed by atoms with Gasteiger partial charge in [0.05, 0.1) is 33.5 Å². The lowest BCUT2D eigenvalue weighted by atomic mass is 9.81. The molecule has 10 heteroatoms. The van der Waals surface area contributed by atoms with Crippen LogP contribution in [-0.4, -0.2) is 40.9 Å². The predicted octanol–water partition coefficient (Wildman–Crippen LogP) is 4.43. The number of anilines is 1. The van der Waals surface area contributed by atoms with Gasteiger partial charge >= 0.3 is 0 Å². The van der Waals surface area contributed by atoms with Crippen LogP contribution >= 0.6 is 11.3 Å². The SMILES string of the molecule is CC(=O)c1csc(-c2cnc3[nH]ccc3c2NC2CC(CS(=O)(=O)c3cccc(C#N)c3)C2)n1. The largest absolute Gasteiger partial charge is 0.381 e. The number of thiazole rings is 1. The minimum Gasteiger partial charge on any atom is -0.381 e. The normalized spacial score (nSPS) is 17.8. The Hall–Kier alpha value is -3.55. The molecule has 8 nitrogen and oxygen atoms in total.